The third-order valence-electron chi connectivity index (χ3n) is 1.45. The van der Waals surface area contributed by atoms with Gasteiger partial charge in [-0.15, -0.1) is 0 Å². The molecule has 0 N–H and O–H groups in total. The second-order valence-corrected chi connectivity index (χ2v) is 2.38. The normalized spacial score (nSPS) is 10.2. The van der Waals surface area contributed by atoms with Crippen LogP contribution in [-0.4, -0.2) is 24.0 Å². The number of carbonyl (C=O) groups excluding carboxylic acids is 1. The van der Waals surface area contributed by atoms with Crippen molar-refractivity contribution in [1.82, 2.24) is 10.4 Å². The van der Waals surface area contributed by atoms with Crippen molar-refractivity contribution in [3.8, 4) is 0 Å². The fourth-order valence-corrected chi connectivity index (χ4v) is 0.787. The van der Waals surface area contributed by atoms with Gasteiger partial charge in [0, 0.05) is 19.5 Å². The lowest BCUT2D eigenvalue weighted by Gasteiger charge is -2.14. The van der Waals surface area contributed by atoms with E-state index >= 15 is 0 Å². The number of nitrogens with zero attached hydrogens (tertiary/aromatic N) is 2. The van der Waals surface area contributed by atoms with Gasteiger partial charge in [0.2, 0.25) is 0 Å². The molecule has 0 fully saturated rings. The molecule has 0 heterocycles. The molecule has 0 aromatic rings. The van der Waals surface area contributed by atoms with Crippen LogP contribution in [0, 0.1) is 0 Å². The monoisotopic (exact) mass is 157 g/mol. The summed E-state index contributed by atoms with van der Waals surface area (Å²) in [5.74, 6) is -0.00352. The molecule has 0 saturated heterocycles. The minimum absolute atomic E-state index is 0.00352. The van der Waals surface area contributed by atoms with Crippen LogP contribution in [0.15, 0.2) is 0 Å². The fourth-order valence-electron chi connectivity index (χ4n) is 0.787. The van der Waals surface area contributed by atoms with Gasteiger partial charge in [0.25, 0.3) is 5.91 Å². The third-order valence-corrected chi connectivity index (χ3v) is 1.45. The molecule has 0 aliphatic carbocycles. The molecule has 0 saturated carbocycles. The molecular weight excluding hydrogens is 140 g/mol. The quantitative estimate of drug-likeness (QED) is 0.561. The Morgan fingerprint density at radius 3 is 2.18 bits per heavy atom. The second-order valence-electron chi connectivity index (χ2n) is 2.38. The van der Waals surface area contributed by atoms with Gasteiger partial charge in [-0.05, 0) is 6.42 Å². The van der Waals surface area contributed by atoms with E-state index in [4.69, 9.17) is 0 Å². The highest BCUT2D eigenvalue weighted by atomic mass is 16.2. The molecule has 0 aromatic carbocycles. The lowest BCUT2D eigenvalue weighted by Crippen LogP contribution is -2.35. The maximum absolute atomic E-state index is 11.0. The molecule has 0 bridgehead atoms. The third kappa shape index (κ3) is 4.79. The number of hydrogen-bond donors (Lipinski definition) is 0. The van der Waals surface area contributed by atoms with Crippen LogP contribution in [0.4, 0.5) is 0 Å². The predicted octanol–water partition coefficient (Wildman–Crippen LogP) is 1.17. The summed E-state index contributed by atoms with van der Waals surface area (Å²) in [5, 5.41) is 1.78. The van der Waals surface area contributed by atoms with E-state index in [0.29, 0.717) is 6.42 Å². The van der Waals surface area contributed by atoms with Crippen LogP contribution in [0.1, 0.15) is 33.6 Å². The van der Waals surface area contributed by atoms with Crippen LogP contribution in [0.25, 0.3) is 0 Å². The van der Waals surface area contributed by atoms with E-state index in [2.05, 4.69) is 5.43 Å². The highest BCUT2D eigenvalue weighted by Gasteiger charge is 2.05. The summed E-state index contributed by atoms with van der Waals surface area (Å²) in [7, 11) is 0. The van der Waals surface area contributed by atoms with Gasteiger partial charge in [-0.1, -0.05) is 20.8 Å². The Hall–Kier alpha value is -0.570. The number of rotatable bonds is 5. The lowest BCUT2D eigenvalue weighted by atomic mass is 10.3. The smallest absolute Gasteiger partial charge is 0.257 e. The molecule has 11 heavy (non-hydrogen) atoms. The first-order valence-corrected chi connectivity index (χ1v) is 4.24. The van der Waals surface area contributed by atoms with E-state index in [9.17, 15) is 4.79 Å². The molecule has 65 valence electrons. The summed E-state index contributed by atoms with van der Waals surface area (Å²) in [6, 6.07) is 0. The van der Waals surface area contributed by atoms with Gasteiger partial charge >= 0.3 is 0 Å². The van der Waals surface area contributed by atoms with Crippen molar-refractivity contribution in [2.24, 2.45) is 0 Å². The van der Waals surface area contributed by atoms with Gasteiger partial charge in [-0.3, -0.25) is 4.79 Å². The molecule has 1 radical (unpaired) electrons. The average Bonchev–Trinajstić information content (AvgIpc) is 2.01. The van der Waals surface area contributed by atoms with E-state index in [0.717, 1.165) is 19.5 Å². The van der Waals surface area contributed by atoms with Gasteiger partial charge < -0.3 is 0 Å². The van der Waals surface area contributed by atoms with Crippen LogP contribution in [-0.2, 0) is 4.79 Å². The van der Waals surface area contributed by atoms with Crippen LogP contribution in [0.2, 0.25) is 0 Å². The Kier molecular flexibility index (Phi) is 5.84. The Morgan fingerprint density at radius 1 is 1.27 bits per heavy atom. The molecule has 3 nitrogen and oxygen atoms in total. The second kappa shape index (κ2) is 6.16. The fraction of sp³-hybridized carbons (Fsp3) is 0.875. The van der Waals surface area contributed by atoms with E-state index in [1.54, 1.807) is 5.01 Å². The zero-order valence-electron chi connectivity index (χ0n) is 7.63. The van der Waals surface area contributed by atoms with Crippen LogP contribution >= 0.6 is 0 Å². The standard InChI is InChI=1S/C8H17N2O/c1-4-7-8(11)9-10(5-2)6-3/h4-7H2,1-3H3. The highest BCUT2D eigenvalue weighted by Crippen LogP contribution is 1.90. The minimum atomic E-state index is -0.00352. The summed E-state index contributed by atoms with van der Waals surface area (Å²) in [6.07, 6.45) is 1.44. The van der Waals surface area contributed by atoms with Crippen LogP contribution < -0.4 is 5.43 Å². The molecule has 3 heteroatoms. The van der Waals surface area contributed by atoms with Crippen molar-refractivity contribution in [1.29, 1.82) is 0 Å². The van der Waals surface area contributed by atoms with Crippen molar-refractivity contribution in [3.05, 3.63) is 0 Å². The van der Waals surface area contributed by atoms with E-state index in [1.807, 2.05) is 20.8 Å². The summed E-state index contributed by atoms with van der Waals surface area (Å²) < 4.78 is 0. The molecule has 1 amide bonds. The number of carbonyl (C=O) groups is 1. The first-order valence-electron chi connectivity index (χ1n) is 4.24. The molecule has 0 aliphatic heterocycles. The summed E-state index contributed by atoms with van der Waals surface area (Å²) >= 11 is 0. The van der Waals surface area contributed by atoms with Crippen molar-refractivity contribution in [2.45, 2.75) is 33.6 Å². The summed E-state index contributed by atoms with van der Waals surface area (Å²) in [5.41, 5.74) is 3.90. The van der Waals surface area contributed by atoms with E-state index < -0.39 is 0 Å². The van der Waals surface area contributed by atoms with Crippen molar-refractivity contribution in [2.75, 3.05) is 13.1 Å². The highest BCUT2D eigenvalue weighted by molar-refractivity contribution is 5.74. The molecule has 0 atom stereocenters. The van der Waals surface area contributed by atoms with Gasteiger partial charge in [-0.25, -0.2) is 0 Å². The zero-order valence-corrected chi connectivity index (χ0v) is 7.63. The van der Waals surface area contributed by atoms with Crippen molar-refractivity contribution < 1.29 is 4.79 Å². The van der Waals surface area contributed by atoms with E-state index in [-0.39, 0.29) is 5.91 Å². The van der Waals surface area contributed by atoms with Crippen molar-refractivity contribution >= 4 is 5.91 Å². The Morgan fingerprint density at radius 2 is 1.82 bits per heavy atom. The van der Waals surface area contributed by atoms with Gasteiger partial charge in [0.15, 0.2) is 0 Å². The molecule has 0 aromatic heterocycles. The summed E-state index contributed by atoms with van der Waals surface area (Å²) in [6.45, 7) is 7.59. The maximum atomic E-state index is 11.0. The predicted molar refractivity (Wildman–Crippen MR) is 45.0 cm³/mol. The van der Waals surface area contributed by atoms with Gasteiger partial charge in [0.05, 0.1) is 0 Å². The van der Waals surface area contributed by atoms with Crippen LogP contribution in [0.3, 0.4) is 0 Å². The first-order chi connectivity index (χ1) is 5.24. The Labute approximate surface area is 68.7 Å². The van der Waals surface area contributed by atoms with Gasteiger partial charge in [0.1, 0.15) is 0 Å². The summed E-state index contributed by atoms with van der Waals surface area (Å²) in [4.78, 5) is 11.0. The molecule has 0 rings (SSSR count). The number of hydrogen-bond acceptors (Lipinski definition) is 2. The lowest BCUT2D eigenvalue weighted by molar-refractivity contribution is -0.126. The first kappa shape index (κ1) is 10.4. The molecule has 0 spiro atoms. The minimum Gasteiger partial charge on any atom is -0.271 e. The zero-order chi connectivity index (χ0) is 8.69. The largest absolute Gasteiger partial charge is 0.271 e. The Bertz CT molecular complexity index is 111. The Balaban J connectivity index is 3.54. The van der Waals surface area contributed by atoms with Crippen molar-refractivity contribution in [3.63, 3.8) is 0 Å². The topological polar surface area (TPSA) is 34.4 Å². The average molecular weight is 157 g/mol. The SMILES string of the molecule is CCCC(=O)[N]N(CC)CC. The molecule has 0 aliphatic rings. The van der Waals surface area contributed by atoms with Crippen LogP contribution in [0.5, 0.6) is 0 Å². The molecular formula is C8H17N2O. The van der Waals surface area contributed by atoms with E-state index in [1.165, 1.54) is 0 Å². The maximum Gasteiger partial charge on any atom is 0.257 e. The number of amides is 1. The van der Waals surface area contributed by atoms with Gasteiger partial charge in [-0.2, -0.15) is 10.4 Å². The molecule has 0 unspecified atom stereocenters.